The van der Waals surface area contributed by atoms with Crippen LogP contribution in [0.25, 0.3) is 0 Å². The van der Waals surface area contributed by atoms with E-state index in [9.17, 15) is 15.4 Å². The highest BCUT2D eigenvalue weighted by molar-refractivity contribution is 5.90. The third kappa shape index (κ3) is 2.70. The standard InChI is InChI=1S/C21H31NO3/c1-13-10-14(23)11-15(24)18(13)21(5)8-6-16-19(2,3)17(22-25)7-9-20(16,4)12-21/h10-11,16,23-25H,6-9,12H2,1-5H3/b22-17+/t16?,20-,21-/m0/s1. The monoisotopic (exact) mass is 345 g/mol. The van der Waals surface area contributed by atoms with Gasteiger partial charge in [-0.3, -0.25) is 0 Å². The van der Waals surface area contributed by atoms with Gasteiger partial charge in [0.25, 0.3) is 0 Å². The summed E-state index contributed by atoms with van der Waals surface area (Å²) in [6.45, 7) is 11.0. The molecule has 2 fully saturated rings. The van der Waals surface area contributed by atoms with E-state index in [2.05, 4.69) is 32.9 Å². The van der Waals surface area contributed by atoms with Gasteiger partial charge in [-0.25, -0.2) is 0 Å². The highest BCUT2D eigenvalue weighted by Crippen LogP contribution is 2.62. The molecule has 25 heavy (non-hydrogen) atoms. The lowest BCUT2D eigenvalue weighted by Crippen LogP contribution is -2.53. The fourth-order valence-electron chi connectivity index (χ4n) is 6.26. The van der Waals surface area contributed by atoms with Crippen molar-refractivity contribution in [2.75, 3.05) is 0 Å². The Morgan fingerprint density at radius 3 is 2.36 bits per heavy atom. The Hall–Kier alpha value is -1.71. The van der Waals surface area contributed by atoms with Gasteiger partial charge in [0.1, 0.15) is 11.5 Å². The topological polar surface area (TPSA) is 73.0 Å². The first-order valence-corrected chi connectivity index (χ1v) is 9.28. The van der Waals surface area contributed by atoms with Gasteiger partial charge in [-0.15, -0.1) is 0 Å². The van der Waals surface area contributed by atoms with Crippen LogP contribution in [0.4, 0.5) is 0 Å². The van der Waals surface area contributed by atoms with Crippen LogP contribution in [0.1, 0.15) is 70.9 Å². The average molecular weight is 345 g/mol. The molecule has 3 rings (SSSR count). The summed E-state index contributed by atoms with van der Waals surface area (Å²) in [5.74, 6) is 0.784. The molecule has 0 amide bonds. The number of hydrogen-bond donors (Lipinski definition) is 3. The van der Waals surface area contributed by atoms with E-state index in [0.29, 0.717) is 5.92 Å². The van der Waals surface area contributed by atoms with Gasteiger partial charge in [0.05, 0.1) is 5.71 Å². The zero-order chi connectivity index (χ0) is 18.6. The minimum atomic E-state index is -0.114. The minimum Gasteiger partial charge on any atom is -0.508 e. The Labute approximate surface area is 150 Å². The van der Waals surface area contributed by atoms with Gasteiger partial charge >= 0.3 is 0 Å². The van der Waals surface area contributed by atoms with Gasteiger partial charge in [0.15, 0.2) is 0 Å². The summed E-state index contributed by atoms with van der Waals surface area (Å²) in [7, 11) is 0. The maximum atomic E-state index is 10.5. The second kappa shape index (κ2) is 5.65. The SMILES string of the molecule is Cc1cc(O)cc(O)c1[C@@]1(C)CCC2C(C)(C)/C(=N/O)CC[C@@]2(C)C1. The number of phenols is 2. The highest BCUT2D eigenvalue weighted by atomic mass is 16.4. The van der Waals surface area contributed by atoms with E-state index in [0.717, 1.165) is 48.9 Å². The molecule has 1 aromatic carbocycles. The van der Waals surface area contributed by atoms with Crippen molar-refractivity contribution in [2.24, 2.45) is 21.9 Å². The van der Waals surface area contributed by atoms with Crippen molar-refractivity contribution in [2.45, 2.75) is 72.1 Å². The van der Waals surface area contributed by atoms with Gasteiger partial charge in [0.2, 0.25) is 0 Å². The molecule has 0 bridgehead atoms. The zero-order valence-electron chi connectivity index (χ0n) is 16.1. The molecule has 4 nitrogen and oxygen atoms in total. The summed E-state index contributed by atoms with van der Waals surface area (Å²) in [6.07, 6.45) is 4.85. The number of fused-ring (bicyclic) bond motifs is 1. The summed E-state index contributed by atoms with van der Waals surface area (Å²) in [6, 6.07) is 3.21. The van der Waals surface area contributed by atoms with Crippen LogP contribution in [-0.4, -0.2) is 21.1 Å². The lowest BCUT2D eigenvalue weighted by molar-refractivity contribution is -0.00844. The number of phenolic OH excluding ortho intramolecular Hbond substituents is 2. The molecule has 0 spiro atoms. The summed E-state index contributed by atoms with van der Waals surface area (Å²) in [5, 5.41) is 33.3. The Bertz CT molecular complexity index is 701. The lowest BCUT2D eigenvalue weighted by atomic mass is 9.46. The lowest BCUT2D eigenvalue weighted by Gasteiger charge is -2.58. The van der Waals surface area contributed by atoms with Crippen molar-refractivity contribution in [3.8, 4) is 11.5 Å². The van der Waals surface area contributed by atoms with Crippen LogP contribution >= 0.6 is 0 Å². The second-order valence-corrected chi connectivity index (χ2v) is 9.41. The Morgan fingerprint density at radius 2 is 1.76 bits per heavy atom. The van der Waals surface area contributed by atoms with Crippen molar-refractivity contribution < 1.29 is 15.4 Å². The van der Waals surface area contributed by atoms with Crippen molar-refractivity contribution in [3.63, 3.8) is 0 Å². The molecule has 0 saturated heterocycles. The fraction of sp³-hybridized carbons (Fsp3) is 0.667. The molecule has 2 aliphatic rings. The van der Waals surface area contributed by atoms with Gasteiger partial charge in [0, 0.05) is 17.0 Å². The van der Waals surface area contributed by atoms with Crippen LogP contribution in [0.2, 0.25) is 0 Å². The molecular weight excluding hydrogens is 314 g/mol. The Morgan fingerprint density at radius 1 is 1.08 bits per heavy atom. The van der Waals surface area contributed by atoms with Gasteiger partial charge < -0.3 is 15.4 Å². The largest absolute Gasteiger partial charge is 0.508 e. The van der Waals surface area contributed by atoms with Crippen LogP contribution < -0.4 is 0 Å². The first-order chi connectivity index (χ1) is 11.5. The first-order valence-electron chi connectivity index (χ1n) is 9.28. The van der Waals surface area contributed by atoms with Crippen molar-refractivity contribution in [1.82, 2.24) is 0 Å². The molecule has 1 aromatic rings. The number of hydrogen-bond acceptors (Lipinski definition) is 4. The van der Waals surface area contributed by atoms with Crippen molar-refractivity contribution in [1.29, 1.82) is 0 Å². The third-order valence-corrected chi connectivity index (χ3v) is 7.19. The third-order valence-electron chi connectivity index (χ3n) is 7.19. The van der Waals surface area contributed by atoms with Gasteiger partial charge in [-0.05, 0) is 67.4 Å². The first kappa shape index (κ1) is 18.1. The van der Waals surface area contributed by atoms with E-state index >= 15 is 0 Å². The number of aryl methyl sites for hydroxylation is 1. The number of oxime groups is 1. The minimum absolute atomic E-state index is 0.102. The quantitative estimate of drug-likeness (QED) is 0.488. The normalized spacial score (nSPS) is 36.2. The van der Waals surface area contributed by atoms with E-state index in [4.69, 9.17) is 0 Å². The number of rotatable bonds is 1. The molecule has 3 N–H and O–H groups in total. The molecule has 2 aliphatic carbocycles. The van der Waals surface area contributed by atoms with Crippen LogP contribution in [0, 0.1) is 23.7 Å². The van der Waals surface area contributed by atoms with E-state index < -0.39 is 0 Å². The molecule has 0 aliphatic heterocycles. The maximum absolute atomic E-state index is 10.5. The van der Waals surface area contributed by atoms with E-state index in [1.807, 2.05) is 6.92 Å². The zero-order valence-corrected chi connectivity index (χ0v) is 16.1. The fourth-order valence-corrected chi connectivity index (χ4v) is 6.26. The van der Waals surface area contributed by atoms with Crippen LogP contribution in [0.5, 0.6) is 11.5 Å². The van der Waals surface area contributed by atoms with Crippen molar-refractivity contribution in [3.05, 3.63) is 23.3 Å². The van der Waals surface area contributed by atoms with Crippen LogP contribution in [0.15, 0.2) is 17.3 Å². The van der Waals surface area contributed by atoms with Crippen molar-refractivity contribution >= 4 is 5.71 Å². The van der Waals surface area contributed by atoms with Gasteiger partial charge in [-0.2, -0.15) is 0 Å². The molecule has 3 atom stereocenters. The molecule has 0 aromatic heterocycles. The van der Waals surface area contributed by atoms with Crippen LogP contribution in [-0.2, 0) is 5.41 Å². The molecular formula is C21H31NO3. The van der Waals surface area contributed by atoms with Gasteiger partial charge in [-0.1, -0.05) is 32.9 Å². The summed E-state index contributed by atoms with van der Waals surface area (Å²) in [4.78, 5) is 0. The summed E-state index contributed by atoms with van der Waals surface area (Å²) in [5.41, 5.74) is 2.77. The average Bonchev–Trinajstić information content (AvgIpc) is 2.44. The number of nitrogens with zero attached hydrogens (tertiary/aromatic N) is 1. The maximum Gasteiger partial charge on any atom is 0.123 e. The second-order valence-electron chi connectivity index (χ2n) is 9.41. The Balaban J connectivity index is 2.01. The molecule has 0 radical (unpaired) electrons. The van der Waals surface area contributed by atoms with Crippen LogP contribution in [0.3, 0.4) is 0 Å². The predicted molar refractivity (Wildman–Crippen MR) is 99.5 cm³/mol. The molecule has 2 saturated carbocycles. The van der Waals surface area contributed by atoms with E-state index in [1.165, 1.54) is 6.07 Å². The molecule has 0 heterocycles. The molecule has 1 unspecified atom stereocenters. The number of aromatic hydroxyl groups is 2. The number of benzene rings is 1. The summed E-state index contributed by atoms with van der Waals surface area (Å²) >= 11 is 0. The molecule has 4 heteroatoms. The molecule has 138 valence electrons. The summed E-state index contributed by atoms with van der Waals surface area (Å²) < 4.78 is 0. The predicted octanol–water partition coefficient (Wildman–Crippen LogP) is 5.12. The van der Waals surface area contributed by atoms with E-state index in [1.54, 1.807) is 6.07 Å². The highest BCUT2D eigenvalue weighted by Gasteiger charge is 2.55. The smallest absolute Gasteiger partial charge is 0.123 e. The van der Waals surface area contributed by atoms with E-state index in [-0.39, 0.29) is 27.7 Å². The Kier molecular flexibility index (Phi) is 4.09.